The minimum atomic E-state index is -0.223. The Morgan fingerprint density at radius 3 is 2.60 bits per heavy atom. The van der Waals surface area contributed by atoms with Gasteiger partial charge in [0.05, 0.1) is 25.2 Å². The van der Waals surface area contributed by atoms with Crippen LogP contribution in [0.5, 0.6) is 0 Å². The van der Waals surface area contributed by atoms with Gasteiger partial charge in [-0.25, -0.2) is 0 Å². The Kier molecular flexibility index (Phi) is 7.02. The maximum Gasteiger partial charge on any atom is 0.224 e. The second-order valence-electron chi connectivity index (χ2n) is 9.01. The molecule has 5 rings (SSSR count). The van der Waals surface area contributed by atoms with Crippen LogP contribution < -0.4 is 10.7 Å². The summed E-state index contributed by atoms with van der Waals surface area (Å²) in [5, 5.41) is 14.7. The Labute approximate surface area is 208 Å². The average molecular weight is 494 g/mol. The van der Waals surface area contributed by atoms with Crippen molar-refractivity contribution >= 4 is 33.8 Å². The molecule has 1 amide bonds. The standard InChI is InChI=1S/C27H28ClN3O4/c28-22-3-1-18(2-4-22)15-29-25(33)14-21-17-31-23(5-8-32)13-20-11-19(12-24(26(20)31)27(21)34)16-30-6-9-35-10-7-30/h1-4,11-13,17,32H,5-10,14-16H2,(H,29,33). The van der Waals surface area contributed by atoms with Crippen molar-refractivity contribution in [1.82, 2.24) is 14.6 Å². The lowest BCUT2D eigenvalue weighted by Crippen LogP contribution is -2.35. The third kappa shape index (κ3) is 5.18. The molecule has 8 heteroatoms. The van der Waals surface area contributed by atoms with E-state index in [0.717, 1.165) is 47.4 Å². The normalized spacial score (nSPS) is 14.7. The van der Waals surface area contributed by atoms with Crippen LogP contribution in [0.15, 0.2) is 53.5 Å². The summed E-state index contributed by atoms with van der Waals surface area (Å²) in [6.07, 6.45) is 2.21. The molecule has 2 N–H and O–H groups in total. The van der Waals surface area contributed by atoms with E-state index in [0.29, 0.717) is 42.2 Å². The molecule has 0 radical (unpaired) electrons. The van der Waals surface area contributed by atoms with Gasteiger partial charge < -0.3 is 19.6 Å². The maximum absolute atomic E-state index is 13.5. The molecule has 2 aromatic carbocycles. The van der Waals surface area contributed by atoms with Crippen LogP contribution in [0.25, 0.3) is 16.3 Å². The van der Waals surface area contributed by atoms with Crippen LogP contribution in [0.2, 0.25) is 5.02 Å². The Bertz CT molecular complexity index is 1390. The summed E-state index contributed by atoms with van der Waals surface area (Å²) in [6.45, 7) is 4.24. The molecule has 0 spiro atoms. The lowest BCUT2D eigenvalue weighted by molar-refractivity contribution is -0.120. The molecule has 182 valence electrons. The Hall–Kier alpha value is -2.97. The fourth-order valence-electron chi connectivity index (χ4n) is 4.78. The summed E-state index contributed by atoms with van der Waals surface area (Å²) in [7, 11) is 0. The molecule has 1 fully saturated rings. The summed E-state index contributed by atoms with van der Waals surface area (Å²) in [5.74, 6) is -0.223. The van der Waals surface area contributed by atoms with E-state index < -0.39 is 0 Å². The van der Waals surface area contributed by atoms with Crippen molar-refractivity contribution in [2.24, 2.45) is 0 Å². The van der Waals surface area contributed by atoms with E-state index in [9.17, 15) is 14.7 Å². The summed E-state index contributed by atoms with van der Waals surface area (Å²) >= 11 is 5.93. The number of carbonyl (C=O) groups excluding carboxylic acids is 1. The number of aliphatic hydroxyl groups excluding tert-OH is 1. The van der Waals surface area contributed by atoms with Crippen molar-refractivity contribution in [3.63, 3.8) is 0 Å². The van der Waals surface area contributed by atoms with Gasteiger partial charge in [0.1, 0.15) is 0 Å². The summed E-state index contributed by atoms with van der Waals surface area (Å²) < 4.78 is 7.42. The largest absolute Gasteiger partial charge is 0.396 e. The van der Waals surface area contributed by atoms with Crippen molar-refractivity contribution in [1.29, 1.82) is 0 Å². The molecule has 35 heavy (non-hydrogen) atoms. The molecule has 1 aliphatic heterocycles. The van der Waals surface area contributed by atoms with Gasteiger partial charge in [0, 0.05) is 72.5 Å². The van der Waals surface area contributed by atoms with Crippen LogP contribution in [-0.4, -0.2) is 53.2 Å². The monoisotopic (exact) mass is 493 g/mol. The number of aliphatic hydroxyl groups is 1. The lowest BCUT2D eigenvalue weighted by Gasteiger charge is -2.26. The molecule has 0 aliphatic carbocycles. The number of amides is 1. The molecule has 0 unspecified atom stereocenters. The third-order valence-electron chi connectivity index (χ3n) is 6.52. The van der Waals surface area contributed by atoms with Crippen LogP contribution >= 0.6 is 11.6 Å². The Morgan fingerprint density at radius 2 is 1.86 bits per heavy atom. The number of morpholine rings is 1. The van der Waals surface area contributed by atoms with Crippen molar-refractivity contribution in [3.05, 3.63) is 86.3 Å². The van der Waals surface area contributed by atoms with Gasteiger partial charge in [-0.3, -0.25) is 14.5 Å². The minimum absolute atomic E-state index is 0.00495. The number of benzene rings is 2. The quantitative estimate of drug-likeness (QED) is 0.394. The number of pyridine rings is 1. The first-order chi connectivity index (χ1) is 17.0. The van der Waals surface area contributed by atoms with Crippen molar-refractivity contribution in [3.8, 4) is 0 Å². The van der Waals surface area contributed by atoms with Crippen molar-refractivity contribution < 1.29 is 14.6 Å². The highest BCUT2D eigenvalue weighted by molar-refractivity contribution is 6.30. The number of aromatic nitrogens is 1. The number of nitrogens with one attached hydrogen (secondary N) is 1. The molecule has 3 heterocycles. The number of halogens is 1. The lowest BCUT2D eigenvalue weighted by atomic mass is 10.0. The molecule has 2 aromatic heterocycles. The smallest absolute Gasteiger partial charge is 0.224 e. The molecule has 1 aliphatic rings. The predicted octanol–water partition coefficient (Wildman–Crippen LogP) is 2.77. The van der Waals surface area contributed by atoms with Gasteiger partial charge in [0.15, 0.2) is 5.43 Å². The number of rotatable bonds is 8. The van der Waals surface area contributed by atoms with Crippen LogP contribution in [0.4, 0.5) is 0 Å². The van der Waals surface area contributed by atoms with E-state index in [1.54, 1.807) is 18.3 Å². The zero-order valence-electron chi connectivity index (χ0n) is 19.4. The van der Waals surface area contributed by atoms with E-state index in [1.807, 2.05) is 28.7 Å². The van der Waals surface area contributed by atoms with E-state index in [1.165, 1.54) is 0 Å². The molecule has 4 aromatic rings. The maximum atomic E-state index is 13.5. The van der Waals surface area contributed by atoms with Crippen molar-refractivity contribution in [2.45, 2.75) is 25.9 Å². The fourth-order valence-corrected chi connectivity index (χ4v) is 4.90. The summed E-state index contributed by atoms with van der Waals surface area (Å²) in [6, 6.07) is 13.4. The number of hydrogen-bond donors (Lipinski definition) is 2. The van der Waals surface area contributed by atoms with E-state index in [4.69, 9.17) is 16.3 Å². The first-order valence-electron chi connectivity index (χ1n) is 11.9. The summed E-state index contributed by atoms with van der Waals surface area (Å²) in [5.41, 5.74) is 4.06. The topological polar surface area (TPSA) is 83.3 Å². The molecular weight excluding hydrogens is 466 g/mol. The van der Waals surface area contributed by atoms with E-state index in [2.05, 4.69) is 16.3 Å². The second kappa shape index (κ2) is 10.3. The molecule has 1 saturated heterocycles. The van der Waals surface area contributed by atoms with Crippen LogP contribution in [0.1, 0.15) is 22.4 Å². The molecule has 7 nitrogen and oxygen atoms in total. The highest BCUT2D eigenvalue weighted by Crippen LogP contribution is 2.27. The molecule has 0 atom stereocenters. The van der Waals surface area contributed by atoms with Gasteiger partial charge in [-0.05, 0) is 41.5 Å². The molecule has 0 bridgehead atoms. The SMILES string of the molecule is O=C(Cc1cn2c(CCO)cc3cc(CN4CCOCC4)cc(c1=O)c32)NCc1ccc(Cl)cc1. The number of carbonyl (C=O) groups is 1. The van der Waals surface area contributed by atoms with E-state index in [-0.39, 0.29) is 24.4 Å². The zero-order valence-corrected chi connectivity index (χ0v) is 20.2. The van der Waals surface area contributed by atoms with Gasteiger partial charge in [-0.2, -0.15) is 0 Å². The van der Waals surface area contributed by atoms with Gasteiger partial charge in [0.25, 0.3) is 0 Å². The minimum Gasteiger partial charge on any atom is -0.396 e. The van der Waals surface area contributed by atoms with Gasteiger partial charge in [-0.15, -0.1) is 0 Å². The number of ether oxygens (including phenoxy) is 1. The Balaban J connectivity index is 1.45. The van der Waals surface area contributed by atoms with Crippen LogP contribution in [0.3, 0.4) is 0 Å². The van der Waals surface area contributed by atoms with Crippen molar-refractivity contribution in [2.75, 3.05) is 32.9 Å². The van der Waals surface area contributed by atoms with Crippen LogP contribution in [-0.2, 0) is 35.5 Å². The van der Waals surface area contributed by atoms with Gasteiger partial charge >= 0.3 is 0 Å². The number of hydrogen-bond acceptors (Lipinski definition) is 5. The third-order valence-corrected chi connectivity index (χ3v) is 6.78. The first-order valence-corrected chi connectivity index (χ1v) is 12.2. The molecule has 0 saturated carbocycles. The molecular formula is C27H28ClN3O4. The second-order valence-corrected chi connectivity index (χ2v) is 9.45. The van der Waals surface area contributed by atoms with E-state index >= 15 is 0 Å². The highest BCUT2D eigenvalue weighted by Gasteiger charge is 2.19. The van der Waals surface area contributed by atoms with Crippen LogP contribution in [0, 0.1) is 0 Å². The van der Waals surface area contributed by atoms with Gasteiger partial charge in [-0.1, -0.05) is 23.7 Å². The summed E-state index contributed by atoms with van der Waals surface area (Å²) in [4.78, 5) is 28.6. The van der Waals surface area contributed by atoms with Gasteiger partial charge in [0.2, 0.25) is 5.91 Å². The average Bonchev–Trinajstić information content (AvgIpc) is 3.19. The zero-order chi connectivity index (χ0) is 24.4. The predicted molar refractivity (Wildman–Crippen MR) is 136 cm³/mol. The number of nitrogens with zero attached hydrogens (tertiary/aromatic N) is 2. The first kappa shape index (κ1) is 23.8. The highest BCUT2D eigenvalue weighted by atomic mass is 35.5. The fraction of sp³-hybridized carbons (Fsp3) is 0.333. The Morgan fingerprint density at radius 1 is 1.09 bits per heavy atom.